The molecule has 7 heteroatoms. The van der Waals surface area contributed by atoms with Gasteiger partial charge in [0.1, 0.15) is 18.1 Å². The first-order valence-electron chi connectivity index (χ1n) is 5.69. The number of rotatable bonds is 3. The molecule has 0 spiro atoms. The zero-order valence-corrected chi connectivity index (χ0v) is 10.8. The SMILES string of the molecule is COc1ccc(C2C(C(=O)C(F)(F)F)=CON2C)cc1. The van der Waals surface area contributed by atoms with E-state index in [9.17, 15) is 18.0 Å². The molecule has 0 aromatic heterocycles. The first-order valence-corrected chi connectivity index (χ1v) is 5.69. The molecule has 0 saturated carbocycles. The number of ether oxygens (including phenoxy) is 1. The number of hydrogen-bond donors (Lipinski definition) is 0. The van der Waals surface area contributed by atoms with Crippen molar-refractivity contribution in [3.63, 3.8) is 0 Å². The minimum absolute atomic E-state index is 0.440. The van der Waals surface area contributed by atoms with Crippen LogP contribution in [-0.4, -0.2) is 31.2 Å². The van der Waals surface area contributed by atoms with Crippen LogP contribution in [0, 0.1) is 0 Å². The zero-order valence-electron chi connectivity index (χ0n) is 10.8. The van der Waals surface area contributed by atoms with Gasteiger partial charge in [-0.3, -0.25) is 4.79 Å². The summed E-state index contributed by atoms with van der Waals surface area (Å²) in [7, 11) is 2.94. The summed E-state index contributed by atoms with van der Waals surface area (Å²) in [6.45, 7) is 0. The van der Waals surface area contributed by atoms with Crippen molar-refractivity contribution in [2.75, 3.05) is 14.2 Å². The van der Waals surface area contributed by atoms with Crippen molar-refractivity contribution < 1.29 is 27.5 Å². The highest BCUT2D eigenvalue weighted by Gasteiger charge is 2.46. The Morgan fingerprint density at radius 3 is 2.40 bits per heavy atom. The number of Topliss-reactive ketones (excluding diaryl/α,β-unsaturated/α-hetero) is 1. The van der Waals surface area contributed by atoms with Gasteiger partial charge >= 0.3 is 6.18 Å². The molecule has 20 heavy (non-hydrogen) atoms. The molecule has 0 bridgehead atoms. The molecule has 0 aliphatic carbocycles. The molecule has 1 aromatic rings. The van der Waals surface area contributed by atoms with Gasteiger partial charge in [0.25, 0.3) is 5.78 Å². The summed E-state index contributed by atoms with van der Waals surface area (Å²) in [5.41, 5.74) is 0.0693. The average Bonchev–Trinajstić information content (AvgIpc) is 2.78. The molecular formula is C13H12F3NO3. The molecule has 0 fully saturated rings. The summed E-state index contributed by atoms with van der Waals surface area (Å²) in [6.07, 6.45) is -4.09. The fourth-order valence-corrected chi connectivity index (χ4v) is 1.98. The van der Waals surface area contributed by atoms with E-state index in [2.05, 4.69) is 0 Å². The number of halogens is 3. The lowest BCUT2D eigenvalue weighted by molar-refractivity contribution is -0.167. The Labute approximate surface area is 113 Å². The number of carbonyl (C=O) groups excluding carboxylic acids is 1. The van der Waals surface area contributed by atoms with Crippen LogP contribution < -0.4 is 4.74 Å². The van der Waals surface area contributed by atoms with Gasteiger partial charge in [0.15, 0.2) is 0 Å². The molecule has 1 atom stereocenters. The van der Waals surface area contributed by atoms with E-state index >= 15 is 0 Å². The van der Waals surface area contributed by atoms with Gasteiger partial charge in [0.2, 0.25) is 0 Å². The summed E-state index contributed by atoms with van der Waals surface area (Å²) in [5, 5.41) is 1.20. The number of likely N-dealkylation sites (N-methyl/N-ethyl adjacent to an activating group) is 1. The van der Waals surface area contributed by atoms with Crippen molar-refractivity contribution in [1.82, 2.24) is 5.06 Å². The lowest BCUT2D eigenvalue weighted by Crippen LogP contribution is -2.29. The van der Waals surface area contributed by atoms with Gasteiger partial charge in [0, 0.05) is 7.05 Å². The van der Waals surface area contributed by atoms with Crippen LogP contribution in [-0.2, 0) is 9.63 Å². The van der Waals surface area contributed by atoms with Crippen molar-refractivity contribution >= 4 is 5.78 Å². The van der Waals surface area contributed by atoms with Gasteiger partial charge in [-0.05, 0) is 17.7 Å². The standard InChI is InChI=1S/C13H12F3NO3/c1-17-11(8-3-5-9(19-2)6-4-8)10(7-20-17)12(18)13(14,15)16/h3-7,11H,1-2H3. The summed E-state index contributed by atoms with van der Waals surface area (Å²) in [6, 6.07) is 5.50. The molecule has 1 aromatic carbocycles. The second kappa shape index (κ2) is 5.16. The third-order valence-electron chi connectivity index (χ3n) is 2.96. The normalized spacial score (nSPS) is 19.4. The van der Waals surface area contributed by atoms with Crippen molar-refractivity contribution in [1.29, 1.82) is 0 Å². The second-order valence-electron chi connectivity index (χ2n) is 4.23. The molecule has 1 unspecified atom stereocenters. The highest BCUT2D eigenvalue weighted by atomic mass is 19.4. The number of alkyl halides is 3. The molecule has 108 valence electrons. The molecule has 1 aliphatic heterocycles. The Morgan fingerprint density at radius 2 is 1.90 bits per heavy atom. The Kier molecular flexibility index (Phi) is 3.71. The van der Waals surface area contributed by atoms with Crippen molar-refractivity contribution in [2.45, 2.75) is 12.2 Å². The number of carbonyl (C=O) groups is 1. The molecule has 0 amide bonds. The van der Waals surface area contributed by atoms with E-state index in [1.54, 1.807) is 24.3 Å². The third-order valence-corrected chi connectivity index (χ3v) is 2.96. The minimum Gasteiger partial charge on any atom is -0.497 e. The van der Waals surface area contributed by atoms with Gasteiger partial charge in [-0.25, -0.2) is 0 Å². The van der Waals surface area contributed by atoms with Crippen molar-refractivity contribution in [3.05, 3.63) is 41.7 Å². The Bertz CT molecular complexity index is 537. The van der Waals surface area contributed by atoms with Crippen LogP contribution in [0.15, 0.2) is 36.1 Å². The maximum absolute atomic E-state index is 12.6. The van der Waals surface area contributed by atoms with Crippen molar-refractivity contribution in [2.24, 2.45) is 0 Å². The predicted molar refractivity (Wildman–Crippen MR) is 63.7 cm³/mol. The van der Waals surface area contributed by atoms with Gasteiger partial charge in [-0.2, -0.15) is 13.2 Å². The van der Waals surface area contributed by atoms with Crippen LogP contribution in [0.2, 0.25) is 0 Å². The molecule has 0 N–H and O–H groups in total. The van der Waals surface area contributed by atoms with Crippen LogP contribution in [0.4, 0.5) is 13.2 Å². The highest BCUT2D eigenvalue weighted by Crippen LogP contribution is 2.37. The van der Waals surface area contributed by atoms with E-state index in [0.717, 1.165) is 6.26 Å². The van der Waals surface area contributed by atoms with Gasteiger partial charge < -0.3 is 9.57 Å². The van der Waals surface area contributed by atoms with E-state index in [4.69, 9.17) is 9.57 Å². The first-order chi connectivity index (χ1) is 9.34. The van der Waals surface area contributed by atoms with Crippen LogP contribution in [0.3, 0.4) is 0 Å². The summed E-state index contributed by atoms with van der Waals surface area (Å²) in [5.74, 6) is -1.33. The van der Waals surface area contributed by atoms with Gasteiger partial charge in [0.05, 0.1) is 12.7 Å². The maximum Gasteiger partial charge on any atom is 0.454 e. The van der Waals surface area contributed by atoms with E-state index in [0.29, 0.717) is 11.3 Å². The summed E-state index contributed by atoms with van der Waals surface area (Å²) < 4.78 is 42.6. The molecular weight excluding hydrogens is 275 g/mol. The van der Waals surface area contributed by atoms with E-state index in [-0.39, 0.29) is 0 Å². The number of hydroxylamine groups is 2. The fourth-order valence-electron chi connectivity index (χ4n) is 1.98. The smallest absolute Gasteiger partial charge is 0.454 e. The molecule has 0 saturated heterocycles. The van der Waals surface area contributed by atoms with Crippen LogP contribution in [0.1, 0.15) is 11.6 Å². The Hall–Kier alpha value is -2.02. The summed E-state index contributed by atoms with van der Waals surface area (Å²) in [4.78, 5) is 16.3. The van der Waals surface area contributed by atoms with E-state index in [1.807, 2.05) is 0 Å². The monoisotopic (exact) mass is 287 g/mol. The van der Waals surface area contributed by atoms with Crippen LogP contribution in [0.5, 0.6) is 5.75 Å². The highest BCUT2D eigenvalue weighted by molar-refractivity contribution is 6.00. The lowest BCUT2D eigenvalue weighted by Gasteiger charge is -2.21. The molecule has 4 nitrogen and oxygen atoms in total. The molecule has 0 radical (unpaired) electrons. The average molecular weight is 287 g/mol. The van der Waals surface area contributed by atoms with Gasteiger partial charge in [-0.15, -0.1) is 5.06 Å². The molecule has 2 rings (SSSR count). The quantitative estimate of drug-likeness (QED) is 0.856. The Balaban J connectivity index is 2.32. The second-order valence-corrected chi connectivity index (χ2v) is 4.23. The zero-order chi connectivity index (χ0) is 14.9. The number of ketones is 1. The fraction of sp³-hybridized carbons (Fsp3) is 0.308. The number of nitrogens with zero attached hydrogens (tertiary/aromatic N) is 1. The van der Waals surface area contributed by atoms with Crippen LogP contribution in [0.25, 0.3) is 0 Å². The first kappa shape index (κ1) is 14.4. The van der Waals surface area contributed by atoms with Crippen molar-refractivity contribution in [3.8, 4) is 5.75 Å². The number of benzene rings is 1. The van der Waals surface area contributed by atoms with Gasteiger partial charge in [-0.1, -0.05) is 12.1 Å². The maximum atomic E-state index is 12.6. The molecule has 1 heterocycles. The lowest BCUT2D eigenvalue weighted by atomic mass is 9.96. The minimum atomic E-state index is -4.93. The Morgan fingerprint density at radius 1 is 1.30 bits per heavy atom. The van der Waals surface area contributed by atoms with E-state index < -0.39 is 23.6 Å². The largest absolute Gasteiger partial charge is 0.497 e. The summed E-state index contributed by atoms with van der Waals surface area (Å²) >= 11 is 0. The number of methoxy groups -OCH3 is 1. The number of hydrogen-bond acceptors (Lipinski definition) is 4. The third kappa shape index (κ3) is 2.62. The van der Waals surface area contributed by atoms with E-state index in [1.165, 1.54) is 19.2 Å². The van der Waals surface area contributed by atoms with Crippen LogP contribution >= 0.6 is 0 Å². The topological polar surface area (TPSA) is 38.8 Å². The predicted octanol–water partition coefficient (Wildman–Crippen LogP) is 2.63. The molecule has 1 aliphatic rings.